The maximum atomic E-state index is 12.4. The average Bonchev–Trinajstić information content (AvgIpc) is 2.04. The molecule has 0 aliphatic rings. The van der Waals surface area contributed by atoms with Crippen LogP contribution in [0.15, 0.2) is 30.3 Å². The lowest BCUT2D eigenvalue weighted by Crippen LogP contribution is -1.88. The van der Waals surface area contributed by atoms with E-state index >= 15 is 0 Å². The molecule has 0 aliphatic heterocycles. The number of halogens is 1. The van der Waals surface area contributed by atoms with Gasteiger partial charge in [0, 0.05) is 11.6 Å². The number of carbonyl (C=O) groups is 1. The van der Waals surface area contributed by atoms with Crippen LogP contribution in [0.25, 0.3) is 5.76 Å². The molecule has 68 valence electrons. The lowest BCUT2D eigenvalue weighted by atomic mass is 10.1. The molecule has 13 heavy (non-hydrogen) atoms. The van der Waals surface area contributed by atoms with Crippen LogP contribution in [0.5, 0.6) is 0 Å². The van der Waals surface area contributed by atoms with Crippen LogP contribution in [0.1, 0.15) is 12.5 Å². The zero-order valence-corrected chi connectivity index (χ0v) is 7.12. The second-order valence-corrected chi connectivity index (χ2v) is 2.65. The first-order chi connectivity index (χ1) is 6.09. The molecule has 1 aromatic carbocycles. The van der Waals surface area contributed by atoms with Gasteiger partial charge in [-0.25, -0.2) is 4.39 Å². The monoisotopic (exact) mass is 180 g/mol. The zero-order valence-electron chi connectivity index (χ0n) is 7.12. The number of benzene rings is 1. The summed E-state index contributed by atoms with van der Waals surface area (Å²) >= 11 is 0. The molecule has 0 aromatic heterocycles. The first-order valence-corrected chi connectivity index (χ1v) is 3.77. The minimum Gasteiger partial charge on any atom is -0.507 e. The second kappa shape index (κ2) is 3.85. The fourth-order valence-electron chi connectivity index (χ4n) is 0.897. The van der Waals surface area contributed by atoms with Crippen LogP contribution in [0.2, 0.25) is 0 Å². The van der Waals surface area contributed by atoms with Crippen molar-refractivity contribution in [2.24, 2.45) is 0 Å². The summed E-state index contributed by atoms with van der Waals surface area (Å²) in [6.07, 6.45) is 1.09. The highest BCUT2D eigenvalue weighted by atomic mass is 19.1. The maximum absolute atomic E-state index is 12.4. The molecule has 3 heteroatoms. The largest absolute Gasteiger partial charge is 0.507 e. The minimum absolute atomic E-state index is 0.146. The Hall–Kier alpha value is -1.64. The molecule has 0 unspecified atom stereocenters. The molecule has 0 spiro atoms. The van der Waals surface area contributed by atoms with E-state index in [0.717, 1.165) is 6.08 Å². The molecule has 0 aliphatic carbocycles. The Labute approximate surface area is 75.3 Å². The van der Waals surface area contributed by atoms with E-state index in [-0.39, 0.29) is 17.4 Å². The minimum atomic E-state index is -0.376. The van der Waals surface area contributed by atoms with Gasteiger partial charge in [0.05, 0.1) is 0 Å². The smallest absolute Gasteiger partial charge is 0.156 e. The van der Waals surface area contributed by atoms with Crippen molar-refractivity contribution in [3.05, 3.63) is 41.7 Å². The van der Waals surface area contributed by atoms with Gasteiger partial charge in [-0.3, -0.25) is 4.79 Å². The van der Waals surface area contributed by atoms with Crippen LogP contribution in [0.3, 0.4) is 0 Å². The van der Waals surface area contributed by atoms with Gasteiger partial charge in [-0.05, 0) is 31.2 Å². The second-order valence-electron chi connectivity index (χ2n) is 2.65. The summed E-state index contributed by atoms with van der Waals surface area (Å²) in [5, 5.41) is 9.30. The van der Waals surface area contributed by atoms with E-state index < -0.39 is 0 Å². The van der Waals surface area contributed by atoms with E-state index in [4.69, 9.17) is 0 Å². The standard InChI is InChI=1S/C10H9FO2/c1-7(12)6-10(13)8-2-4-9(11)5-3-8/h2-6,13H,1H3/b10-6+. The van der Waals surface area contributed by atoms with Gasteiger partial charge in [0.15, 0.2) is 5.78 Å². The van der Waals surface area contributed by atoms with Gasteiger partial charge in [-0.15, -0.1) is 0 Å². The number of hydrogen-bond donors (Lipinski definition) is 1. The van der Waals surface area contributed by atoms with Crippen molar-refractivity contribution in [2.75, 3.05) is 0 Å². The number of ketones is 1. The number of aliphatic hydroxyl groups excluding tert-OH is 1. The highest BCUT2D eigenvalue weighted by molar-refractivity contribution is 5.93. The van der Waals surface area contributed by atoms with Gasteiger partial charge in [0.25, 0.3) is 0 Å². The summed E-state index contributed by atoms with van der Waals surface area (Å²) in [6.45, 7) is 1.33. The van der Waals surface area contributed by atoms with Crippen molar-refractivity contribution in [3.8, 4) is 0 Å². The van der Waals surface area contributed by atoms with Crippen LogP contribution in [0.4, 0.5) is 4.39 Å². The average molecular weight is 180 g/mol. The Kier molecular flexibility index (Phi) is 2.80. The van der Waals surface area contributed by atoms with Crippen LogP contribution < -0.4 is 0 Å². The number of allylic oxidation sites excluding steroid dienone is 1. The third-order valence-electron chi connectivity index (χ3n) is 1.48. The topological polar surface area (TPSA) is 37.3 Å². The Morgan fingerprint density at radius 1 is 1.38 bits per heavy atom. The lowest BCUT2D eigenvalue weighted by molar-refractivity contribution is -0.112. The molecule has 1 rings (SSSR count). The molecule has 0 saturated heterocycles. The SMILES string of the molecule is CC(=O)/C=C(/O)c1ccc(F)cc1. The summed E-state index contributed by atoms with van der Waals surface area (Å²) in [5.74, 6) is -0.770. The number of hydrogen-bond acceptors (Lipinski definition) is 2. The van der Waals surface area contributed by atoms with Gasteiger partial charge in [-0.1, -0.05) is 0 Å². The molecule has 0 amide bonds. The van der Waals surface area contributed by atoms with Crippen LogP contribution in [0, 0.1) is 5.82 Å². The molecule has 0 heterocycles. The van der Waals surface area contributed by atoms with Crippen molar-refractivity contribution in [1.82, 2.24) is 0 Å². The summed E-state index contributed by atoms with van der Waals surface area (Å²) in [5.41, 5.74) is 0.427. The summed E-state index contributed by atoms with van der Waals surface area (Å²) in [6, 6.07) is 5.26. The summed E-state index contributed by atoms with van der Waals surface area (Å²) in [7, 11) is 0. The predicted octanol–water partition coefficient (Wildman–Crippen LogP) is 2.31. The number of carbonyl (C=O) groups excluding carboxylic acids is 1. The molecule has 1 aromatic rings. The summed E-state index contributed by atoms with van der Waals surface area (Å²) in [4.78, 5) is 10.6. The van der Waals surface area contributed by atoms with Crippen LogP contribution >= 0.6 is 0 Å². The summed E-state index contributed by atoms with van der Waals surface area (Å²) < 4.78 is 12.4. The molecule has 0 atom stereocenters. The highest BCUT2D eigenvalue weighted by Crippen LogP contribution is 2.11. The van der Waals surface area contributed by atoms with Crippen molar-refractivity contribution >= 4 is 11.5 Å². The van der Waals surface area contributed by atoms with E-state index in [1.807, 2.05) is 0 Å². The number of aliphatic hydroxyl groups is 1. The Balaban J connectivity index is 2.96. The van der Waals surface area contributed by atoms with Crippen molar-refractivity contribution in [1.29, 1.82) is 0 Å². The third-order valence-corrected chi connectivity index (χ3v) is 1.48. The van der Waals surface area contributed by atoms with Gasteiger partial charge >= 0.3 is 0 Å². The fraction of sp³-hybridized carbons (Fsp3) is 0.100. The predicted molar refractivity (Wildman–Crippen MR) is 47.7 cm³/mol. The van der Waals surface area contributed by atoms with Crippen LogP contribution in [-0.2, 0) is 4.79 Å². The molecular weight excluding hydrogens is 171 g/mol. The van der Waals surface area contributed by atoms with Gasteiger partial charge < -0.3 is 5.11 Å². The highest BCUT2D eigenvalue weighted by Gasteiger charge is 1.99. The van der Waals surface area contributed by atoms with E-state index in [9.17, 15) is 14.3 Å². The van der Waals surface area contributed by atoms with Crippen molar-refractivity contribution in [3.63, 3.8) is 0 Å². The Morgan fingerprint density at radius 2 is 1.92 bits per heavy atom. The van der Waals surface area contributed by atoms with E-state index in [1.54, 1.807) is 0 Å². The molecule has 2 nitrogen and oxygen atoms in total. The number of rotatable bonds is 2. The normalized spacial score (nSPS) is 11.4. The molecular formula is C10H9FO2. The third kappa shape index (κ3) is 2.71. The van der Waals surface area contributed by atoms with E-state index in [2.05, 4.69) is 0 Å². The quantitative estimate of drug-likeness (QED) is 0.560. The van der Waals surface area contributed by atoms with Crippen LogP contribution in [-0.4, -0.2) is 10.9 Å². The maximum Gasteiger partial charge on any atom is 0.156 e. The molecule has 0 saturated carbocycles. The molecule has 1 N–H and O–H groups in total. The first-order valence-electron chi connectivity index (χ1n) is 3.77. The fourth-order valence-corrected chi connectivity index (χ4v) is 0.897. The van der Waals surface area contributed by atoms with Gasteiger partial charge in [0.1, 0.15) is 11.6 Å². The first kappa shape index (κ1) is 9.45. The van der Waals surface area contributed by atoms with Crippen molar-refractivity contribution < 1.29 is 14.3 Å². The van der Waals surface area contributed by atoms with Gasteiger partial charge in [-0.2, -0.15) is 0 Å². The zero-order chi connectivity index (χ0) is 9.84. The van der Waals surface area contributed by atoms with Crippen molar-refractivity contribution in [2.45, 2.75) is 6.92 Å². The Bertz CT molecular complexity index is 338. The van der Waals surface area contributed by atoms with Gasteiger partial charge in [0.2, 0.25) is 0 Å². The molecule has 0 fully saturated rings. The Morgan fingerprint density at radius 3 is 2.38 bits per heavy atom. The lowest BCUT2D eigenvalue weighted by Gasteiger charge is -1.98. The van der Waals surface area contributed by atoms with E-state index in [0.29, 0.717) is 5.56 Å². The molecule has 0 bridgehead atoms. The molecule has 0 radical (unpaired) electrons. The van der Waals surface area contributed by atoms with E-state index in [1.165, 1.54) is 31.2 Å².